The lowest BCUT2D eigenvalue weighted by molar-refractivity contribution is -0.117. The summed E-state index contributed by atoms with van der Waals surface area (Å²) in [6, 6.07) is 7.86. The van der Waals surface area contributed by atoms with Crippen molar-refractivity contribution in [2.24, 2.45) is 0 Å². The van der Waals surface area contributed by atoms with Crippen LogP contribution in [0.4, 0.5) is 11.4 Å². The van der Waals surface area contributed by atoms with Crippen LogP contribution in [0.1, 0.15) is 10.7 Å². The summed E-state index contributed by atoms with van der Waals surface area (Å²) in [5.41, 5.74) is 2.94. The molecule has 0 atom stereocenters. The minimum atomic E-state index is 0.0848. The fourth-order valence-corrected chi connectivity index (χ4v) is 2.80. The Bertz CT molecular complexity index is 593. The quantitative estimate of drug-likeness (QED) is 0.900. The lowest BCUT2D eigenvalue weighted by Crippen LogP contribution is -2.39. The van der Waals surface area contributed by atoms with E-state index < -0.39 is 0 Å². The molecule has 1 aliphatic rings. The van der Waals surface area contributed by atoms with Crippen LogP contribution < -0.4 is 10.2 Å². The predicted octanol–water partition coefficient (Wildman–Crippen LogP) is 2.41. The first-order chi connectivity index (χ1) is 8.74. The molecule has 1 amide bonds. The van der Waals surface area contributed by atoms with Crippen molar-refractivity contribution >= 4 is 28.6 Å². The third-order valence-corrected chi connectivity index (χ3v) is 3.84. The Morgan fingerprint density at radius 1 is 1.44 bits per heavy atom. The average molecular weight is 259 g/mol. The zero-order valence-electron chi connectivity index (χ0n) is 10.0. The van der Waals surface area contributed by atoms with Crippen LogP contribution in [-0.2, 0) is 11.3 Å². The molecule has 92 valence electrons. The van der Waals surface area contributed by atoms with Crippen molar-refractivity contribution in [1.29, 1.82) is 0 Å². The number of nitrogens with zero attached hydrogens (tertiary/aromatic N) is 2. The van der Waals surface area contributed by atoms with Crippen molar-refractivity contribution in [2.45, 2.75) is 13.5 Å². The van der Waals surface area contributed by atoms with Crippen molar-refractivity contribution < 1.29 is 4.79 Å². The van der Waals surface area contributed by atoms with E-state index in [0.717, 1.165) is 22.1 Å². The van der Waals surface area contributed by atoms with Crippen LogP contribution in [0.2, 0.25) is 0 Å². The summed E-state index contributed by atoms with van der Waals surface area (Å²) in [7, 11) is 0. The van der Waals surface area contributed by atoms with Gasteiger partial charge in [-0.15, -0.1) is 11.3 Å². The third-order valence-electron chi connectivity index (χ3n) is 2.89. The highest BCUT2D eigenvalue weighted by Crippen LogP contribution is 2.30. The van der Waals surface area contributed by atoms with Gasteiger partial charge in [-0.2, -0.15) is 0 Å². The van der Waals surface area contributed by atoms with Crippen molar-refractivity contribution in [3.8, 4) is 0 Å². The summed E-state index contributed by atoms with van der Waals surface area (Å²) in [6.07, 6.45) is 0. The van der Waals surface area contributed by atoms with Gasteiger partial charge in [0.25, 0.3) is 0 Å². The smallest absolute Gasteiger partial charge is 0.246 e. The van der Waals surface area contributed by atoms with Gasteiger partial charge in [0.05, 0.1) is 24.5 Å². The number of carbonyl (C=O) groups is 1. The van der Waals surface area contributed by atoms with E-state index in [0.29, 0.717) is 13.1 Å². The fraction of sp³-hybridized carbons (Fsp3) is 0.231. The molecule has 0 saturated heterocycles. The molecule has 0 aliphatic carbocycles. The van der Waals surface area contributed by atoms with E-state index in [9.17, 15) is 4.79 Å². The normalized spacial score (nSPS) is 14.3. The van der Waals surface area contributed by atoms with E-state index in [4.69, 9.17) is 0 Å². The molecule has 1 aliphatic heterocycles. The zero-order chi connectivity index (χ0) is 12.5. The van der Waals surface area contributed by atoms with Gasteiger partial charge in [-0.05, 0) is 19.1 Å². The summed E-state index contributed by atoms with van der Waals surface area (Å²) in [5, 5.41) is 6.10. The molecule has 0 radical (unpaired) electrons. The average Bonchev–Trinajstić information content (AvgIpc) is 2.79. The van der Waals surface area contributed by atoms with Crippen molar-refractivity contribution in [2.75, 3.05) is 16.8 Å². The van der Waals surface area contributed by atoms with Crippen LogP contribution in [-0.4, -0.2) is 17.4 Å². The number of rotatable bonds is 2. The van der Waals surface area contributed by atoms with Crippen LogP contribution in [0, 0.1) is 6.92 Å². The Morgan fingerprint density at radius 3 is 3.06 bits per heavy atom. The number of para-hydroxylation sites is 2. The van der Waals surface area contributed by atoms with Gasteiger partial charge in [0.1, 0.15) is 5.01 Å². The molecular formula is C13H13N3OS. The van der Waals surface area contributed by atoms with Crippen LogP contribution >= 0.6 is 11.3 Å². The molecule has 5 heteroatoms. The molecule has 18 heavy (non-hydrogen) atoms. The van der Waals surface area contributed by atoms with Gasteiger partial charge in [-0.1, -0.05) is 12.1 Å². The van der Waals surface area contributed by atoms with Gasteiger partial charge in [-0.25, -0.2) is 4.98 Å². The molecule has 4 nitrogen and oxygen atoms in total. The minimum absolute atomic E-state index is 0.0848. The van der Waals surface area contributed by atoms with E-state index in [1.54, 1.807) is 16.2 Å². The lowest BCUT2D eigenvalue weighted by Gasteiger charge is -2.29. The van der Waals surface area contributed by atoms with Gasteiger partial charge in [0.15, 0.2) is 0 Å². The Morgan fingerprint density at radius 2 is 2.28 bits per heavy atom. The summed E-state index contributed by atoms with van der Waals surface area (Å²) in [5.74, 6) is 0.0848. The molecule has 0 bridgehead atoms. The number of amides is 1. The number of thiazole rings is 1. The first kappa shape index (κ1) is 11.2. The Labute approximate surface area is 109 Å². The number of carbonyl (C=O) groups excluding carboxylic acids is 1. The van der Waals surface area contributed by atoms with E-state index in [2.05, 4.69) is 10.3 Å². The highest BCUT2D eigenvalue weighted by Gasteiger charge is 2.24. The maximum Gasteiger partial charge on any atom is 0.246 e. The third kappa shape index (κ3) is 1.97. The van der Waals surface area contributed by atoms with E-state index in [-0.39, 0.29) is 5.91 Å². The second-order valence-electron chi connectivity index (χ2n) is 4.23. The maximum absolute atomic E-state index is 12.0. The van der Waals surface area contributed by atoms with Crippen molar-refractivity contribution in [1.82, 2.24) is 4.98 Å². The SMILES string of the molecule is Cc1csc(CN2C(=O)CNc3ccccc32)n1. The number of anilines is 2. The summed E-state index contributed by atoms with van der Waals surface area (Å²) >= 11 is 1.59. The fourth-order valence-electron chi connectivity index (χ4n) is 2.04. The zero-order valence-corrected chi connectivity index (χ0v) is 10.8. The number of benzene rings is 1. The molecule has 2 aromatic rings. The van der Waals surface area contributed by atoms with E-state index in [1.807, 2.05) is 36.6 Å². The second-order valence-corrected chi connectivity index (χ2v) is 5.18. The first-order valence-corrected chi connectivity index (χ1v) is 6.66. The molecule has 1 aromatic carbocycles. The van der Waals surface area contributed by atoms with E-state index >= 15 is 0 Å². The van der Waals surface area contributed by atoms with Crippen LogP contribution in [0.15, 0.2) is 29.6 Å². The highest BCUT2D eigenvalue weighted by molar-refractivity contribution is 7.09. The molecule has 0 spiro atoms. The van der Waals surface area contributed by atoms with Crippen molar-refractivity contribution in [3.05, 3.63) is 40.3 Å². The van der Waals surface area contributed by atoms with Crippen LogP contribution in [0.5, 0.6) is 0 Å². The molecular weight excluding hydrogens is 246 g/mol. The Hall–Kier alpha value is -1.88. The Kier molecular flexibility index (Phi) is 2.76. The molecule has 0 saturated carbocycles. The summed E-state index contributed by atoms with van der Waals surface area (Å²) < 4.78 is 0. The maximum atomic E-state index is 12.0. The van der Waals surface area contributed by atoms with E-state index in [1.165, 1.54) is 0 Å². The minimum Gasteiger partial charge on any atom is -0.374 e. The second kappa shape index (κ2) is 4.42. The largest absolute Gasteiger partial charge is 0.374 e. The number of hydrogen-bond donors (Lipinski definition) is 1. The highest BCUT2D eigenvalue weighted by atomic mass is 32.1. The standard InChI is InChI=1S/C13H13N3OS/c1-9-8-18-12(15-9)7-16-11-5-3-2-4-10(11)14-6-13(16)17/h2-5,8,14H,6-7H2,1H3. The number of aryl methyl sites for hydroxylation is 1. The van der Waals surface area contributed by atoms with Gasteiger partial charge >= 0.3 is 0 Å². The molecule has 2 heterocycles. The lowest BCUT2D eigenvalue weighted by atomic mass is 10.2. The topological polar surface area (TPSA) is 45.2 Å². The number of hydrogen-bond acceptors (Lipinski definition) is 4. The molecule has 3 rings (SSSR count). The Balaban J connectivity index is 1.93. The summed E-state index contributed by atoms with van der Waals surface area (Å²) in [6.45, 7) is 2.87. The molecule has 1 aromatic heterocycles. The monoisotopic (exact) mass is 259 g/mol. The van der Waals surface area contributed by atoms with Gasteiger partial charge in [0.2, 0.25) is 5.91 Å². The van der Waals surface area contributed by atoms with Gasteiger partial charge in [-0.3, -0.25) is 4.79 Å². The van der Waals surface area contributed by atoms with Gasteiger partial charge in [0, 0.05) is 11.1 Å². The first-order valence-electron chi connectivity index (χ1n) is 5.78. The number of fused-ring (bicyclic) bond motifs is 1. The predicted molar refractivity (Wildman–Crippen MR) is 73.0 cm³/mol. The number of aromatic nitrogens is 1. The number of nitrogens with one attached hydrogen (secondary N) is 1. The van der Waals surface area contributed by atoms with Crippen LogP contribution in [0.3, 0.4) is 0 Å². The molecule has 0 fully saturated rings. The van der Waals surface area contributed by atoms with Crippen LogP contribution in [0.25, 0.3) is 0 Å². The van der Waals surface area contributed by atoms with Crippen molar-refractivity contribution in [3.63, 3.8) is 0 Å². The summed E-state index contributed by atoms with van der Waals surface area (Å²) in [4.78, 5) is 18.2. The molecule has 0 unspecified atom stereocenters. The molecule has 1 N–H and O–H groups in total. The van der Waals surface area contributed by atoms with Gasteiger partial charge < -0.3 is 10.2 Å².